The number of ketones is 1. The highest BCUT2D eigenvalue weighted by molar-refractivity contribution is 9.10. The summed E-state index contributed by atoms with van der Waals surface area (Å²) in [5.74, 6) is 0.255. The molecule has 0 spiro atoms. The maximum atomic E-state index is 12.9. The highest BCUT2D eigenvalue weighted by Gasteiger charge is 2.50. The Kier molecular flexibility index (Phi) is 4.44. The molecule has 2 aromatic rings. The third-order valence-corrected chi connectivity index (χ3v) is 5.38. The Morgan fingerprint density at radius 2 is 1.93 bits per heavy atom. The van der Waals surface area contributed by atoms with Crippen LogP contribution in [-0.2, 0) is 10.4 Å². The maximum absolute atomic E-state index is 12.9. The van der Waals surface area contributed by atoms with E-state index in [1.807, 2.05) is 13.0 Å². The van der Waals surface area contributed by atoms with Gasteiger partial charge in [-0.2, -0.15) is 0 Å². The molecule has 27 heavy (non-hydrogen) atoms. The second-order valence-corrected chi connectivity index (χ2v) is 7.45. The summed E-state index contributed by atoms with van der Waals surface area (Å²) in [5, 5.41) is 11.2. The van der Waals surface area contributed by atoms with Crippen molar-refractivity contribution in [2.45, 2.75) is 18.9 Å². The quantitative estimate of drug-likeness (QED) is 0.752. The van der Waals surface area contributed by atoms with Crippen LogP contribution >= 0.6 is 15.9 Å². The van der Waals surface area contributed by atoms with Crippen molar-refractivity contribution in [2.75, 3.05) is 24.7 Å². The summed E-state index contributed by atoms with van der Waals surface area (Å²) < 4.78 is 11.7. The summed E-state index contributed by atoms with van der Waals surface area (Å²) in [6.45, 7) is 3.12. The molecule has 0 saturated heterocycles. The molecule has 0 bridgehead atoms. The molecule has 1 amide bonds. The van der Waals surface area contributed by atoms with Gasteiger partial charge in [0.1, 0.15) is 13.2 Å². The molecular weight excluding hydrogens is 414 g/mol. The number of halogens is 1. The van der Waals surface area contributed by atoms with E-state index in [-0.39, 0.29) is 12.2 Å². The van der Waals surface area contributed by atoms with Gasteiger partial charge in [0.15, 0.2) is 22.9 Å². The van der Waals surface area contributed by atoms with Crippen molar-refractivity contribution in [3.63, 3.8) is 0 Å². The third kappa shape index (κ3) is 2.91. The lowest BCUT2D eigenvalue weighted by Crippen LogP contribution is -2.41. The lowest BCUT2D eigenvalue weighted by Gasteiger charge is -2.23. The second kappa shape index (κ2) is 6.65. The van der Waals surface area contributed by atoms with Crippen molar-refractivity contribution in [1.29, 1.82) is 0 Å². The van der Waals surface area contributed by atoms with Crippen LogP contribution in [0.5, 0.6) is 11.5 Å². The highest BCUT2D eigenvalue weighted by atomic mass is 79.9. The van der Waals surface area contributed by atoms with E-state index in [0.717, 1.165) is 4.47 Å². The Balaban J connectivity index is 1.68. The van der Waals surface area contributed by atoms with Crippen molar-refractivity contribution in [1.82, 2.24) is 0 Å². The van der Waals surface area contributed by atoms with Gasteiger partial charge < -0.3 is 19.5 Å². The number of carbonyl (C=O) groups is 2. The van der Waals surface area contributed by atoms with Crippen LogP contribution < -0.4 is 14.4 Å². The molecule has 0 saturated carbocycles. The van der Waals surface area contributed by atoms with Gasteiger partial charge in [0.2, 0.25) is 0 Å². The van der Waals surface area contributed by atoms with Crippen molar-refractivity contribution < 1.29 is 24.2 Å². The van der Waals surface area contributed by atoms with Gasteiger partial charge in [-0.3, -0.25) is 9.59 Å². The first-order valence-corrected chi connectivity index (χ1v) is 9.50. The molecule has 1 atom stereocenters. The van der Waals surface area contributed by atoms with Crippen LogP contribution in [0.2, 0.25) is 0 Å². The Hall–Kier alpha value is -2.38. The molecule has 0 unspecified atom stereocenters. The van der Waals surface area contributed by atoms with Crippen LogP contribution in [0, 0.1) is 0 Å². The summed E-state index contributed by atoms with van der Waals surface area (Å²) in [6, 6.07) is 10.2. The number of amides is 1. The van der Waals surface area contributed by atoms with Crippen LogP contribution in [0.15, 0.2) is 40.9 Å². The predicted octanol–water partition coefficient (Wildman–Crippen LogP) is 3.05. The SMILES string of the molecule is CCN1C(=O)[C@@](O)(CC(=O)c2ccc3c(c2)OCCO3)c2cc(Br)ccc21. The number of likely N-dealkylation sites (N-methyl/N-ethyl adjacent to an activating group) is 1. The number of hydrogen-bond donors (Lipinski definition) is 1. The fourth-order valence-corrected chi connectivity index (χ4v) is 3.92. The van der Waals surface area contributed by atoms with Gasteiger partial charge in [-0.25, -0.2) is 0 Å². The van der Waals surface area contributed by atoms with Crippen LogP contribution in [-0.4, -0.2) is 36.6 Å². The minimum Gasteiger partial charge on any atom is -0.486 e. The molecule has 0 radical (unpaired) electrons. The first-order valence-electron chi connectivity index (χ1n) is 8.71. The van der Waals surface area contributed by atoms with Crippen molar-refractivity contribution >= 4 is 33.3 Å². The molecule has 2 aromatic carbocycles. The topological polar surface area (TPSA) is 76.1 Å². The Bertz CT molecular complexity index is 944. The summed E-state index contributed by atoms with van der Waals surface area (Å²) >= 11 is 3.37. The number of carbonyl (C=O) groups excluding carboxylic acids is 2. The van der Waals surface area contributed by atoms with E-state index in [1.165, 1.54) is 4.90 Å². The number of aliphatic hydroxyl groups is 1. The van der Waals surface area contributed by atoms with E-state index < -0.39 is 11.5 Å². The van der Waals surface area contributed by atoms with Gasteiger partial charge in [0, 0.05) is 22.1 Å². The van der Waals surface area contributed by atoms with Gasteiger partial charge in [-0.05, 0) is 43.3 Å². The molecule has 0 aliphatic carbocycles. The van der Waals surface area contributed by atoms with Gasteiger partial charge in [0.05, 0.1) is 12.1 Å². The van der Waals surface area contributed by atoms with E-state index in [4.69, 9.17) is 9.47 Å². The van der Waals surface area contributed by atoms with Crippen molar-refractivity contribution in [2.24, 2.45) is 0 Å². The van der Waals surface area contributed by atoms with Gasteiger partial charge >= 0.3 is 0 Å². The number of fused-ring (bicyclic) bond motifs is 2. The van der Waals surface area contributed by atoms with E-state index in [1.54, 1.807) is 30.3 Å². The Morgan fingerprint density at radius 1 is 1.19 bits per heavy atom. The summed E-state index contributed by atoms with van der Waals surface area (Å²) in [4.78, 5) is 27.3. The molecule has 2 heterocycles. The normalized spacial score (nSPS) is 20.6. The van der Waals surface area contributed by atoms with Crippen LogP contribution in [0.4, 0.5) is 5.69 Å². The maximum Gasteiger partial charge on any atom is 0.264 e. The standard InChI is InChI=1S/C20H18BrNO5/c1-2-22-15-5-4-13(21)10-14(15)20(25,19(22)24)11-16(23)12-3-6-17-18(9-12)27-8-7-26-17/h3-6,9-10,25H,2,7-8,11H2,1H3/t20-/m1/s1. The van der Waals surface area contributed by atoms with E-state index in [0.29, 0.717) is 48.1 Å². The number of anilines is 1. The molecule has 1 N–H and O–H groups in total. The number of nitrogens with zero attached hydrogens (tertiary/aromatic N) is 1. The third-order valence-electron chi connectivity index (χ3n) is 4.89. The monoisotopic (exact) mass is 431 g/mol. The molecule has 0 aromatic heterocycles. The van der Waals surface area contributed by atoms with E-state index in [2.05, 4.69) is 15.9 Å². The summed E-state index contributed by atoms with van der Waals surface area (Å²) in [5.41, 5.74) is -0.454. The Labute approximate surface area is 164 Å². The molecule has 2 aliphatic rings. The first-order chi connectivity index (χ1) is 12.9. The average molecular weight is 432 g/mol. The lowest BCUT2D eigenvalue weighted by molar-refractivity contribution is -0.135. The molecule has 0 fully saturated rings. The summed E-state index contributed by atoms with van der Waals surface area (Å²) in [6.07, 6.45) is -0.342. The number of ether oxygens (including phenoxy) is 2. The number of hydrogen-bond acceptors (Lipinski definition) is 5. The smallest absolute Gasteiger partial charge is 0.264 e. The van der Waals surface area contributed by atoms with Crippen LogP contribution in [0.1, 0.15) is 29.3 Å². The number of Topliss-reactive ketones (excluding diaryl/α,β-unsaturated/α-hetero) is 1. The van der Waals surface area contributed by atoms with Crippen molar-refractivity contribution in [3.8, 4) is 11.5 Å². The average Bonchev–Trinajstić information content (AvgIpc) is 2.88. The zero-order chi connectivity index (χ0) is 19.2. The lowest BCUT2D eigenvalue weighted by atomic mass is 9.88. The fourth-order valence-electron chi connectivity index (χ4n) is 3.56. The molecule has 6 nitrogen and oxygen atoms in total. The van der Waals surface area contributed by atoms with Crippen LogP contribution in [0.3, 0.4) is 0 Å². The van der Waals surface area contributed by atoms with Crippen molar-refractivity contribution in [3.05, 3.63) is 52.0 Å². The highest BCUT2D eigenvalue weighted by Crippen LogP contribution is 2.44. The minimum absolute atomic E-state index is 0.341. The van der Waals surface area contributed by atoms with Crippen LogP contribution in [0.25, 0.3) is 0 Å². The fraction of sp³-hybridized carbons (Fsp3) is 0.300. The summed E-state index contributed by atoms with van der Waals surface area (Å²) in [7, 11) is 0. The zero-order valence-corrected chi connectivity index (χ0v) is 16.3. The Morgan fingerprint density at radius 3 is 2.67 bits per heavy atom. The van der Waals surface area contributed by atoms with E-state index in [9.17, 15) is 14.7 Å². The largest absolute Gasteiger partial charge is 0.486 e. The molecular formula is C20H18BrNO5. The number of benzene rings is 2. The molecule has 2 aliphatic heterocycles. The minimum atomic E-state index is -1.89. The van der Waals surface area contributed by atoms with Gasteiger partial charge in [-0.1, -0.05) is 15.9 Å². The van der Waals surface area contributed by atoms with E-state index >= 15 is 0 Å². The predicted molar refractivity (Wildman–Crippen MR) is 102 cm³/mol. The number of rotatable bonds is 4. The molecule has 7 heteroatoms. The van der Waals surface area contributed by atoms with Gasteiger partial charge in [0.25, 0.3) is 5.91 Å². The van der Waals surface area contributed by atoms with Gasteiger partial charge in [-0.15, -0.1) is 0 Å². The second-order valence-electron chi connectivity index (χ2n) is 6.53. The molecule has 140 valence electrons. The molecule has 4 rings (SSSR count). The first kappa shape index (κ1) is 18.0. The zero-order valence-electron chi connectivity index (χ0n) is 14.7.